The second-order valence-electron chi connectivity index (χ2n) is 5.11. The number of hydrogen-bond acceptors (Lipinski definition) is 5. The van der Waals surface area contributed by atoms with Crippen molar-refractivity contribution in [2.24, 2.45) is 0 Å². The van der Waals surface area contributed by atoms with Crippen molar-refractivity contribution in [3.05, 3.63) is 65.0 Å². The highest BCUT2D eigenvalue weighted by Gasteiger charge is 2.17. The molecule has 0 atom stereocenters. The number of sulfonamides is 1. The molecule has 0 amide bonds. The maximum Gasteiger partial charge on any atom is 0.242 e. The Morgan fingerprint density at radius 3 is 2.71 bits per heavy atom. The zero-order chi connectivity index (χ0) is 17.2. The van der Waals surface area contributed by atoms with Crippen molar-refractivity contribution in [1.29, 1.82) is 0 Å². The summed E-state index contributed by atoms with van der Waals surface area (Å²) >= 11 is 5.82. The summed E-state index contributed by atoms with van der Waals surface area (Å²) in [7, 11) is -3.71. The van der Waals surface area contributed by atoms with Crippen LogP contribution in [0.15, 0.2) is 57.9 Å². The largest absolute Gasteiger partial charge is 0.338 e. The van der Waals surface area contributed by atoms with Gasteiger partial charge in [-0.2, -0.15) is 4.98 Å². The first-order chi connectivity index (χ1) is 11.5. The highest BCUT2D eigenvalue weighted by molar-refractivity contribution is 7.89. The van der Waals surface area contributed by atoms with E-state index in [1.807, 2.05) is 31.2 Å². The van der Waals surface area contributed by atoms with Crippen LogP contribution in [0.1, 0.15) is 11.5 Å². The van der Waals surface area contributed by atoms with E-state index in [9.17, 15) is 8.42 Å². The molecule has 3 aromatic rings. The maximum atomic E-state index is 12.2. The minimum atomic E-state index is -3.71. The molecule has 0 aliphatic rings. The van der Waals surface area contributed by atoms with Crippen LogP contribution in [0.25, 0.3) is 11.4 Å². The summed E-state index contributed by atoms with van der Waals surface area (Å²) < 4.78 is 32.0. The number of aromatic nitrogens is 2. The van der Waals surface area contributed by atoms with Gasteiger partial charge in [0.25, 0.3) is 0 Å². The summed E-state index contributed by atoms with van der Waals surface area (Å²) in [4.78, 5) is 4.30. The van der Waals surface area contributed by atoms with Gasteiger partial charge in [0.15, 0.2) is 0 Å². The Balaban J connectivity index is 1.75. The van der Waals surface area contributed by atoms with E-state index < -0.39 is 10.0 Å². The Labute approximate surface area is 144 Å². The predicted molar refractivity (Wildman–Crippen MR) is 89.9 cm³/mol. The van der Waals surface area contributed by atoms with E-state index >= 15 is 0 Å². The zero-order valence-electron chi connectivity index (χ0n) is 12.7. The van der Waals surface area contributed by atoms with Crippen LogP contribution in [-0.4, -0.2) is 18.6 Å². The van der Waals surface area contributed by atoms with Gasteiger partial charge in [0.1, 0.15) is 0 Å². The summed E-state index contributed by atoms with van der Waals surface area (Å²) in [6, 6.07) is 13.6. The van der Waals surface area contributed by atoms with Crippen LogP contribution >= 0.6 is 11.6 Å². The Morgan fingerprint density at radius 1 is 1.17 bits per heavy atom. The van der Waals surface area contributed by atoms with Gasteiger partial charge in [0, 0.05) is 10.6 Å². The minimum absolute atomic E-state index is 0.0774. The van der Waals surface area contributed by atoms with Crippen LogP contribution in [0.4, 0.5) is 0 Å². The van der Waals surface area contributed by atoms with Crippen LogP contribution < -0.4 is 4.72 Å². The molecule has 24 heavy (non-hydrogen) atoms. The molecule has 6 nitrogen and oxygen atoms in total. The lowest BCUT2D eigenvalue weighted by molar-refractivity contribution is 0.376. The van der Waals surface area contributed by atoms with Crippen molar-refractivity contribution in [2.45, 2.75) is 18.4 Å². The lowest BCUT2D eigenvalue weighted by atomic mass is 10.1. The molecule has 0 aliphatic heterocycles. The Kier molecular flexibility index (Phi) is 4.66. The molecule has 1 heterocycles. The van der Waals surface area contributed by atoms with E-state index in [1.54, 1.807) is 12.1 Å². The minimum Gasteiger partial charge on any atom is -0.338 e. The number of nitrogens with zero attached hydrogens (tertiary/aromatic N) is 2. The Morgan fingerprint density at radius 2 is 1.96 bits per heavy atom. The van der Waals surface area contributed by atoms with Crippen molar-refractivity contribution in [3.8, 4) is 11.4 Å². The second-order valence-corrected chi connectivity index (χ2v) is 7.31. The molecule has 3 rings (SSSR count). The number of aryl methyl sites for hydroxylation is 1. The number of nitrogens with one attached hydrogen (secondary N) is 1. The van der Waals surface area contributed by atoms with Crippen LogP contribution in [-0.2, 0) is 16.6 Å². The van der Waals surface area contributed by atoms with Crippen molar-refractivity contribution >= 4 is 21.6 Å². The molecule has 0 fully saturated rings. The molecule has 0 bridgehead atoms. The van der Waals surface area contributed by atoms with Crippen LogP contribution in [0, 0.1) is 6.92 Å². The van der Waals surface area contributed by atoms with Crippen LogP contribution in [0.5, 0.6) is 0 Å². The first-order valence-electron chi connectivity index (χ1n) is 7.09. The molecule has 1 N–H and O–H groups in total. The van der Waals surface area contributed by atoms with Gasteiger partial charge in [0.2, 0.25) is 21.7 Å². The first kappa shape index (κ1) is 16.6. The van der Waals surface area contributed by atoms with E-state index in [2.05, 4.69) is 14.9 Å². The number of benzene rings is 2. The monoisotopic (exact) mass is 363 g/mol. The summed E-state index contributed by atoms with van der Waals surface area (Å²) in [5.74, 6) is 0.601. The molecule has 124 valence electrons. The van der Waals surface area contributed by atoms with E-state index in [1.165, 1.54) is 12.1 Å². The van der Waals surface area contributed by atoms with E-state index in [4.69, 9.17) is 16.1 Å². The Hall–Kier alpha value is -2.22. The fourth-order valence-electron chi connectivity index (χ4n) is 2.13. The van der Waals surface area contributed by atoms with Gasteiger partial charge in [-0.05, 0) is 30.7 Å². The molecular weight excluding hydrogens is 350 g/mol. The van der Waals surface area contributed by atoms with Gasteiger partial charge in [-0.25, -0.2) is 13.1 Å². The van der Waals surface area contributed by atoms with Gasteiger partial charge < -0.3 is 4.52 Å². The fraction of sp³-hybridized carbons (Fsp3) is 0.125. The second kappa shape index (κ2) is 6.72. The average Bonchev–Trinajstić information content (AvgIpc) is 3.02. The summed E-state index contributed by atoms with van der Waals surface area (Å²) in [5.41, 5.74) is 1.84. The molecular formula is C16H14ClN3O3S. The highest BCUT2D eigenvalue weighted by Crippen LogP contribution is 2.20. The van der Waals surface area contributed by atoms with Crippen molar-refractivity contribution in [2.75, 3.05) is 0 Å². The molecule has 0 unspecified atom stereocenters. The molecule has 1 aromatic heterocycles. The first-order valence-corrected chi connectivity index (χ1v) is 8.96. The smallest absolute Gasteiger partial charge is 0.242 e. The summed E-state index contributed by atoms with van der Waals surface area (Å²) in [5, 5.41) is 4.24. The van der Waals surface area contributed by atoms with Crippen molar-refractivity contribution in [3.63, 3.8) is 0 Å². The summed E-state index contributed by atoms with van der Waals surface area (Å²) in [6.45, 7) is 1.83. The normalized spacial score (nSPS) is 11.6. The molecule has 2 aromatic carbocycles. The van der Waals surface area contributed by atoms with Gasteiger partial charge in [-0.3, -0.25) is 0 Å². The molecule has 0 saturated heterocycles. The van der Waals surface area contributed by atoms with Gasteiger partial charge in [-0.1, -0.05) is 47.1 Å². The number of rotatable bonds is 5. The third kappa shape index (κ3) is 3.64. The fourth-order valence-corrected chi connectivity index (χ4v) is 3.41. The standard InChI is InChI=1S/C16H14ClN3O3S/c1-11-5-2-3-8-14(11)16-19-15(23-20-16)10-18-24(21,22)13-7-4-6-12(17)9-13/h2-9,18H,10H2,1H3. The van der Waals surface area contributed by atoms with Gasteiger partial charge in [0.05, 0.1) is 11.4 Å². The lowest BCUT2D eigenvalue weighted by Gasteiger charge is -2.04. The molecule has 0 aliphatic carbocycles. The third-order valence-electron chi connectivity index (χ3n) is 3.37. The maximum absolute atomic E-state index is 12.2. The molecule has 0 spiro atoms. The lowest BCUT2D eigenvalue weighted by Crippen LogP contribution is -2.23. The average molecular weight is 364 g/mol. The quantitative estimate of drug-likeness (QED) is 0.752. The SMILES string of the molecule is Cc1ccccc1-c1noc(CNS(=O)(=O)c2cccc(Cl)c2)n1. The predicted octanol–water partition coefficient (Wildman–Crippen LogP) is 3.18. The third-order valence-corrected chi connectivity index (χ3v) is 5.01. The van der Waals surface area contributed by atoms with E-state index in [-0.39, 0.29) is 17.3 Å². The van der Waals surface area contributed by atoms with Crippen LogP contribution in [0.2, 0.25) is 5.02 Å². The molecule has 0 saturated carbocycles. The number of hydrogen-bond donors (Lipinski definition) is 1. The Bertz CT molecular complexity index is 970. The van der Waals surface area contributed by atoms with Gasteiger partial charge in [-0.15, -0.1) is 0 Å². The number of halogens is 1. The summed E-state index contributed by atoms with van der Waals surface area (Å²) in [6.07, 6.45) is 0. The van der Waals surface area contributed by atoms with E-state index in [0.29, 0.717) is 10.8 Å². The molecule has 0 radical (unpaired) electrons. The molecule has 8 heteroatoms. The van der Waals surface area contributed by atoms with Crippen molar-refractivity contribution < 1.29 is 12.9 Å². The van der Waals surface area contributed by atoms with Crippen LogP contribution in [0.3, 0.4) is 0 Å². The zero-order valence-corrected chi connectivity index (χ0v) is 14.3. The highest BCUT2D eigenvalue weighted by atomic mass is 35.5. The van der Waals surface area contributed by atoms with Gasteiger partial charge >= 0.3 is 0 Å². The van der Waals surface area contributed by atoms with Crippen molar-refractivity contribution in [1.82, 2.24) is 14.9 Å². The topological polar surface area (TPSA) is 85.1 Å². The van der Waals surface area contributed by atoms with E-state index in [0.717, 1.165) is 11.1 Å².